The molecule has 0 atom stereocenters. The second-order valence-corrected chi connectivity index (χ2v) is 12.1. The normalized spacial score (nSPS) is 11.8. The summed E-state index contributed by atoms with van der Waals surface area (Å²) in [6.45, 7) is 8.56. The van der Waals surface area contributed by atoms with Gasteiger partial charge < -0.3 is 9.47 Å². The monoisotopic (exact) mass is 528 g/mol. The van der Waals surface area contributed by atoms with Gasteiger partial charge in [-0.2, -0.15) is 0 Å². The molecule has 0 amide bonds. The van der Waals surface area contributed by atoms with Gasteiger partial charge in [-0.1, -0.05) is 69.2 Å². The lowest BCUT2D eigenvalue weighted by atomic mass is 9.77. The van der Waals surface area contributed by atoms with Crippen molar-refractivity contribution in [3.8, 4) is 17.2 Å². The standard InChI is InChI=1S/C33H36O4S/c1-6-7-8-25-23-27(33(3,4)26-11-14-28(36-5)15-12-26)13-22-32(25)37-29-16-20-31(21-17-29)38(34,35)30-18-9-24(2)10-19-30/h9-23H,6-8H2,1-5H3. The molecule has 4 aromatic carbocycles. The van der Waals surface area contributed by atoms with Crippen molar-refractivity contribution in [1.82, 2.24) is 0 Å². The van der Waals surface area contributed by atoms with Crippen molar-refractivity contribution in [2.24, 2.45) is 0 Å². The van der Waals surface area contributed by atoms with Crippen LogP contribution in [0.2, 0.25) is 0 Å². The molecule has 0 aliphatic carbocycles. The van der Waals surface area contributed by atoms with Crippen molar-refractivity contribution in [2.45, 2.75) is 62.2 Å². The van der Waals surface area contributed by atoms with E-state index < -0.39 is 9.84 Å². The Kier molecular flexibility index (Phi) is 8.27. The van der Waals surface area contributed by atoms with Crippen LogP contribution in [0.5, 0.6) is 17.2 Å². The van der Waals surface area contributed by atoms with Crippen LogP contribution in [0.4, 0.5) is 0 Å². The summed E-state index contributed by atoms with van der Waals surface area (Å²) in [5.41, 5.74) is 4.38. The molecule has 0 bridgehead atoms. The highest BCUT2D eigenvalue weighted by atomic mass is 32.2. The molecule has 38 heavy (non-hydrogen) atoms. The number of unbranched alkanes of at least 4 members (excludes halogenated alkanes) is 1. The summed E-state index contributed by atoms with van der Waals surface area (Å²) >= 11 is 0. The molecule has 4 aromatic rings. The number of benzene rings is 4. The van der Waals surface area contributed by atoms with E-state index in [0.717, 1.165) is 41.9 Å². The number of sulfone groups is 1. The Morgan fingerprint density at radius 1 is 0.737 bits per heavy atom. The van der Waals surface area contributed by atoms with Crippen LogP contribution in [0, 0.1) is 6.92 Å². The molecular weight excluding hydrogens is 492 g/mol. The first-order valence-electron chi connectivity index (χ1n) is 13.0. The molecule has 0 aromatic heterocycles. The van der Waals surface area contributed by atoms with Gasteiger partial charge in [-0.15, -0.1) is 0 Å². The maximum Gasteiger partial charge on any atom is 0.206 e. The van der Waals surface area contributed by atoms with E-state index in [0.29, 0.717) is 5.75 Å². The van der Waals surface area contributed by atoms with Crippen molar-refractivity contribution in [1.29, 1.82) is 0 Å². The molecule has 0 saturated carbocycles. The second-order valence-electron chi connectivity index (χ2n) is 10.2. The van der Waals surface area contributed by atoms with Gasteiger partial charge in [0.25, 0.3) is 0 Å². The Bertz CT molecular complexity index is 1470. The van der Waals surface area contributed by atoms with E-state index in [1.165, 1.54) is 11.1 Å². The van der Waals surface area contributed by atoms with Crippen molar-refractivity contribution in [3.63, 3.8) is 0 Å². The molecule has 0 unspecified atom stereocenters. The molecule has 0 spiro atoms. The van der Waals surface area contributed by atoms with Crippen LogP contribution >= 0.6 is 0 Å². The van der Waals surface area contributed by atoms with E-state index in [-0.39, 0.29) is 15.2 Å². The van der Waals surface area contributed by atoms with Gasteiger partial charge >= 0.3 is 0 Å². The molecule has 0 fully saturated rings. The van der Waals surface area contributed by atoms with E-state index in [2.05, 4.69) is 45.0 Å². The van der Waals surface area contributed by atoms with Gasteiger partial charge in [-0.3, -0.25) is 0 Å². The van der Waals surface area contributed by atoms with Crippen molar-refractivity contribution in [2.75, 3.05) is 7.11 Å². The first-order valence-corrected chi connectivity index (χ1v) is 14.5. The second kappa shape index (κ2) is 11.4. The first kappa shape index (κ1) is 27.5. The van der Waals surface area contributed by atoms with Gasteiger partial charge in [-0.05, 0) is 91.1 Å². The topological polar surface area (TPSA) is 52.6 Å². The van der Waals surface area contributed by atoms with Gasteiger partial charge in [0.05, 0.1) is 16.9 Å². The van der Waals surface area contributed by atoms with Crippen molar-refractivity contribution in [3.05, 3.63) is 113 Å². The summed E-state index contributed by atoms with van der Waals surface area (Å²) in [5, 5.41) is 0. The highest BCUT2D eigenvalue weighted by Gasteiger charge is 2.24. The van der Waals surface area contributed by atoms with Crippen LogP contribution < -0.4 is 9.47 Å². The zero-order valence-electron chi connectivity index (χ0n) is 22.8. The predicted octanol–water partition coefficient (Wildman–Crippen LogP) is 8.30. The molecule has 0 N–H and O–H groups in total. The molecule has 0 aliphatic rings. The minimum Gasteiger partial charge on any atom is -0.497 e. The Hall–Kier alpha value is -3.57. The Morgan fingerprint density at radius 2 is 1.29 bits per heavy atom. The summed E-state index contributed by atoms with van der Waals surface area (Å²) in [7, 11) is -1.91. The molecule has 198 valence electrons. The maximum atomic E-state index is 13.0. The molecule has 5 heteroatoms. The fourth-order valence-corrected chi connectivity index (χ4v) is 5.73. The summed E-state index contributed by atoms with van der Waals surface area (Å²) in [6.07, 6.45) is 3.03. The lowest BCUT2D eigenvalue weighted by molar-refractivity contribution is 0.414. The fraction of sp³-hybridized carbons (Fsp3) is 0.273. The molecular formula is C33H36O4S. The number of hydrogen-bond donors (Lipinski definition) is 0. The smallest absolute Gasteiger partial charge is 0.206 e. The number of ether oxygens (including phenoxy) is 2. The molecule has 0 saturated heterocycles. The molecule has 4 nitrogen and oxygen atoms in total. The van der Waals surface area contributed by atoms with Crippen LogP contribution in [-0.2, 0) is 21.7 Å². The summed E-state index contributed by atoms with van der Waals surface area (Å²) in [4.78, 5) is 0.533. The third-order valence-corrected chi connectivity index (χ3v) is 8.87. The molecule has 0 heterocycles. The fourth-order valence-electron chi connectivity index (χ4n) is 4.47. The van der Waals surface area contributed by atoms with Crippen LogP contribution in [-0.4, -0.2) is 15.5 Å². The quantitative estimate of drug-likeness (QED) is 0.208. The highest BCUT2D eigenvalue weighted by Crippen LogP contribution is 2.37. The lowest BCUT2D eigenvalue weighted by Crippen LogP contribution is -2.19. The third kappa shape index (κ3) is 5.94. The SMILES string of the molecule is CCCCc1cc(C(C)(C)c2ccc(OC)cc2)ccc1Oc1ccc(S(=O)(=O)c2ccc(C)cc2)cc1. The molecule has 0 aliphatic heterocycles. The lowest BCUT2D eigenvalue weighted by Gasteiger charge is -2.27. The minimum absolute atomic E-state index is 0.197. The average Bonchev–Trinajstić information content (AvgIpc) is 2.93. The van der Waals surface area contributed by atoms with Crippen LogP contribution in [0.25, 0.3) is 0 Å². The van der Waals surface area contributed by atoms with E-state index in [9.17, 15) is 8.42 Å². The Labute approximate surface area is 227 Å². The van der Waals surface area contributed by atoms with Crippen LogP contribution in [0.15, 0.2) is 101 Å². The third-order valence-electron chi connectivity index (χ3n) is 7.09. The van der Waals surface area contributed by atoms with Gasteiger partial charge in [-0.25, -0.2) is 8.42 Å². The summed E-state index contributed by atoms with van der Waals surface area (Å²) in [5.74, 6) is 2.24. The summed E-state index contributed by atoms with van der Waals surface area (Å²) in [6, 6.07) is 28.2. The van der Waals surface area contributed by atoms with Crippen molar-refractivity contribution >= 4 is 9.84 Å². The van der Waals surface area contributed by atoms with Gasteiger partial charge in [0.2, 0.25) is 9.84 Å². The van der Waals surface area contributed by atoms with Gasteiger partial charge in [0, 0.05) is 5.41 Å². The number of aryl methyl sites for hydroxylation is 2. The summed E-state index contributed by atoms with van der Waals surface area (Å²) < 4.78 is 37.7. The van der Waals surface area contributed by atoms with Crippen LogP contribution in [0.3, 0.4) is 0 Å². The Morgan fingerprint density at radius 3 is 1.87 bits per heavy atom. The zero-order chi connectivity index (χ0) is 27.3. The minimum atomic E-state index is -3.58. The van der Waals surface area contributed by atoms with Gasteiger partial charge in [0.15, 0.2) is 0 Å². The highest BCUT2D eigenvalue weighted by molar-refractivity contribution is 7.91. The van der Waals surface area contributed by atoms with Crippen molar-refractivity contribution < 1.29 is 17.9 Å². The molecule has 0 radical (unpaired) electrons. The average molecular weight is 529 g/mol. The van der Waals surface area contributed by atoms with Gasteiger partial charge in [0.1, 0.15) is 17.2 Å². The first-order chi connectivity index (χ1) is 18.1. The van der Waals surface area contributed by atoms with E-state index >= 15 is 0 Å². The maximum absolute atomic E-state index is 13.0. The largest absolute Gasteiger partial charge is 0.497 e. The number of hydrogen-bond acceptors (Lipinski definition) is 4. The van der Waals surface area contributed by atoms with E-state index in [1.807, 2.05) is 37.3 Å². The number of rotatable bonds is 10. The van der Waals surface area contributed by atoms with Crippen LogP contribution in [0.1, 0.15) is 55.9 Å². The number of methoxy groups -OCH3 is 1. The zero-order valence-corrected chi connectivity index (χ0v) is 23.6. The predicted molar refractivity (Wildman–Crippen MR) is 153 cm³/mol. The Balaban J connectivity index is 1.60. The van der Waals surface area contributed by atoms with E-state index in [1.54, 1.807) is 43.5 Å². The van der Waals surface area contributed by atoms with E-state index in [4.69, 9.17) is 9.47 Å². The molecule has 4 rings (SSSR count).